The predicted molar refractivity (Wildman–Crippen MR) is 112 cm³/mol. The number of nitrogens with zero attached hydrogens (tertiary/aromatic N) is 4. The van der Waals surface area contributed by atoms with Gasteiger partial charge in [-0.25, -0.2) is 14.6 Å². The lowest BCUT2D eigenvalue weighted by Gasteiger charge is -2.01. The van der Waals surface area contributed by atoms with Crippen LogP contribution >= 0.6 is 22.7 Å². The summed E-state index contributed by atoms with van der Waals surface area (Å²) in [6, 6.07) is 11.9. The third-order valence-electron chi connectivity index (χ3n) is 4.15. The minimum Gasteiger partial charge on any atom is -0.350 e. The van der Waals surface area contributed by atoms with Crippen LogP contribution in [0.2, 0.25) is 0 Å². The van der Waals surface area contributed by atoms with Crippen LogP contribution in [-0.2, 0) is 6.42 Å². The van der Waals surface area contributed by atoms with Crippen molar-refractivity contribution in [3.63, 3.8) is 0 Å². The molecule has 142 valence electrons. The molecule has 4 rings (SSSR count). The van der Waals surface area contributed by atoms with E-state index in [4.69, 9.17) is 0 Å². The number of hydrogen-bond acceptors (Lipinski definition) is 6. The van der Waals surface area contributed by atoms with Gasteiger partial charge in [0.2, 0.25) is 5.13 Å². The Hall–Kier alpha value is -2.84. The quantitative estimate of drug-likeness (QED) is 0.522. The van der Waals surface area contributed by atoms with Crippen molar-refractivity contribution in [2.75, 3.05) is 6.54 Å². The van der Waals surface area contributed by atoms with Gasteiger partial charge in [-0.15, -0.1) is 22.7 Å². The number of aromatic nitrogens is 4. The Kier molecular flexibility index (Phi) is 5.31. The third kappa shape index (κ3) is 4.02. The molecule has 0 aliphatic carbocycles. The van der Waals surface area contributed by atoms with Crippen molar-refractivity contribution in [1.29, 1.82) is 0 Å². The van der Waals surface area contributed by atoms with Crippen LogP contribution < -0.4 is 5.32 Å². The van der Waals surface area contributed by atoms with Crippen LogP contribution in [-0.4, -0.2) is 32.2 Å². The number of benzene rings is 1. The largest absolute Gasteiger partial charge is 0.350 e. The number of carbonyl (C=O) groups is 1. The molecule has 3 heterocycles. The normalized spacial score (nSPS) is 10.9. The molecule has 1 N–H and O–H groups in total. The standard InChI is InChI=1S/C20H19N5OS2/c1-13-10-14(2)25(24-13)20-22-16(11-28-20)8-9-21-18(26)17-12-27-19(23-17)15-6-4-3-5-7-15/h3-7,10-12H,8-9H2,1-2H3,(H,21,26). The Morgan fingerprint density at radius 2 is 1.93 bits per heavy atom. The fourth-order valence-corrected chi connectivity index (χ4v) is 4.49. The van der Waals surface area contributed by atoms with Gasteiger partial charge in [-0.1, -0.05) is 30.3 Å². The molecule has 3 aromatic heterocycles. The van der Waals surface area contributed by atoms with Gasteiger partial charge >= 0.3 is 0 Å². The maximum absolute atomic E-state index is 12.4. The Labute approximate surface area is 170 Å². The molecule has 1 amide bonds. The van der Waals surface area contributed by atoms with Crippen LogP contribution in [0.3, 0.4) is 0 Å². The van der Waals surface area contributed by atoms with E-state index < -0.39 is 0 Å². The molecule has 0 saturated carbocycles. The van der Waals surface area contributed by atoms with Gasteiger partial charge in [-0.05, 0) is 19.9 Å². The molecule has 0 bridgehead atoms. The van der Waals surface area contributed by atoms with Gasteiger partial charge in [-0.3, -0.25) is 4.79 Å². The molecule has 0 saturated heterocycles. The summed E-state index contributed by atoms with van der Waals surface area (Å²) in [7, 11) is 0. The first kappa shape index (κ1) is 18.5. The molecule has 0 spiro atoms. The highest BCUT2D eigenvalue weighted by Gasteiger charge is 2.12. The van der Waals surface area contributed by atoms with E-state index in [9.17, 15) is 4.79 Å². The Morgan fingerprint density at radius 1 is 1.11 bits per heavy atom. The van der Waals surface area contributed by atoms with Crippen molar-refractivity contribution >= 4 is 28.6 Å². The first-order chi connectivity index (χ1) is 13.6. The Bertz CT molecular complexity index is 1100. The number of thiazole rings is 2. The highest BCUT2D eigenvalue weighted by atomic mass is 32.1. The summed E-state index contributed by atoms with van der Waals surface area (Å²) in [6.07, 6.45) is 0.664. The van der Waals surface area contributed by atoms with E-state index in [0.29, 0.717) is 18.7 Å². The summed E-state index contributed by atoms with van der Waals surface area (Å²) in [5.74, 6) is -0.160. The zero-order chi connectivity index (χ0) is 19.5. The van der Waals surface area contributed by atoms with Crippen LogP contribution in [0.4, 0.5) is 0 Å². The van der Waals surface area contributed by atoms with E-state index in [-0.39, 0.29) is 5.91 Å². The lowest BCUT2D eigenvalue weighted by Crippen LogP contribution is -2.26. The summed E-state index contributed by atoms with van der Waals surface area (Å²) in [5.41, 5.74) is 4.44. The molecule has 6 nitrogen and oxygen atoms in total. The predicted octanol–water partition coefficient (Wildman–Crippen LogP) is 4.04. The monoisotopic (exact) mass is 409 g/mol. The molecule has 28 heavy (non-hydrogen) atoms. The fourth-order valence-electron chi connectivity index (χ4n) is 2.82. The number of rotatable bonds is 6. The van der Waals surface area contributed by atoms with Crippen LogP contribution in [0.1, 0.15) is 27.6 Å². The molecule has 0 fully saturated rings. The molecular formula is C20H19N5OS2. The maximum Gasteiger partial charge on any atom is 0.270 e. The second-order valence-corrected chi connectivity index (χ2v) is 8.06. The van der Waals surface area contributed by atoms with Gasteiger partial charge in [0, 0.05) is 35.0 Å². The zero-order valence-electron chi connectivity index (χ0n) is 15.5. The van der Waals surface area contributed by atoms with Crippen molar-refractivity contribution in [2.24, 2.45) is 0 Å². The second-order valence-electron chi connectivity index (χ2n) is 6.37. The van der Waals surface area contributed by atoms with Gasteiger partial charge in [-0.2, -0.15) is 5.10 Å². The summed E-state index contributed by atoms with van der Waals surface area (Å²) in [6.45, 7) is 4.49. The lowest BCUT2D eigenvalue weighted by molar-refractivity contribution is 0.0950. The van der Waals surface area contributed by atoms with Crippen molar-refractivity contribution in [1.82, 2.24) is 25.1 Å². The molecular weight excluding hydrogens is 390 g/mol. The Balaban J connectivity index is 1.34. The van der Waals surface area contributed by atoms with E-state index >= 15 is 0 Å². The van der Waals surface area contributed by atoms with Gasteiger partial charge < -0.3 is 5.32 Å². The SMILES string of the molecule is Cc1cc(C)n(-c2nc(CCNC(=O)c3csc(-c4ccccc4)n3)cs2)n1. The molecule has 0 radical (unpaired) electrons. The fraction of sp³-hybridized carbons (Fsp3) is 0.200. The molecule has 0 atom stereocenters. The molecule has 1 aromatic carbocycles. The first-order valence-electron chi connectivity index (χ1n) is 8.87. The van der Waals surface area contributed by atoms with Crippen LogP contribution in [0.25, 0.3) is 15.7 Å². The minimum absolute atomic E-state index is 0.160. The number of carbonyl (C=O) groups excluding carboxylic acids is 1. The molecule has 4 aromatic rings. The van der Waals surface area contributed by atoms with Gasteiger partial charge in [0.25, 0.3) is 5.91 Å². The smallest absolute Gasteiger partial charge is 0.270 e. The third-order valence-corrected chi connectivity index (χ3v) is 5.91. The number of nitrogens with one attached hydrogen (secondary N) is 1. The van der Waals surface area contributed by atoms with Crippen molar-refractivity contribution in [2.45, 2.75) is 20.3 Å². The van der Waals surface area contributed by atoms with Gasteiger partial charge in [0.1, 0.15) is 10.7 Å². The molecule has 0 aliphatic heterocycles. The molecule has 8 heteroatoms. The minimum atomic E-state index is -0.160. The molecule has 0 unspecified atom stereocenters. The second kappa shape index (κ2) is 8.04. The summed E-state index contributed by atoms with van der Waals surface area (Å²) in [5, 5.41) is 12.9. The summed E-state index contributed by atoms with van der Waals surface area (Å²) < 4.78 is 1.85. The van der Waals surface area contributed by atoms with Gasteiger partial charge in [0.05, 0.1) is 11.4 Å². The highest BCUT2D eigenvalue weighted by Crippen LogP contribution is 2.23. The van der Waals surface area contributed by atoms with Crippen molar-refractivity contribution < 1.29 is 4.79 Å². The van der Waals surface area contributed by atoms with Crippen LogP contribution in [0.5, 0.6) is 0 Å². The van der Waals surface area contributed by atoms with E-state index in [0.717, 1.165) is 32.8 Å². The topological polar surface area (TPSA) is 72.7 Å². The maximum atomic E-state index is 12.4. The lowest BCUT2D eigenvalue weighted by atomic mass is 10.2. The number of amides is 1. The number of hydrogen-bond donors (Lipinski definition) is 1. The Morgan fingerprint density at radius 3 is 2.68 bits per heavy atom. The first-order valence-corrected chi connectivity index (χ1v) is 10.6. The summed E-state index contributed by atoms with van der Waals surface area (Å²) in [4.78, 5) is 21.4. The van der Waals surface area contributed by atoms with Crippen molar-refractivity contribution in [3.8, 4) is 15.7 Å². The van der Waals surface area contributed by atoms with Crippen LogP contribution in [0, 0.1) is 13.8 Å². The number of aryl methyl sites for hydroxylation is 2. The van der Waals surface area contributed by atoms with E-state index in [2.05, 4.69) is 20.4 Å². The van der Waals surface area contributed by atoms with Crippen LogP contribution in [0.15, 0.2) is 47.2 Å². The highest BCUT2D eigenvalue weighted by molar-refractivity contribution is 7.13. The van der Waals surface area contributed by atoms with E-state index in [1.54, 1.807) is 16.7 Å². The summed E-state index contributed by atoms with van der Waals surface area (Å²) >= 11 is 3.03. The van der Waals surface area contributed by atoms with Gasteiger partial charge in [0.15, 0.2) is 0 Å². The zero-order valence-corrected chi connectivity index (χ0v) is 17.2. The van der Waals surface area contributed by atoms with Crippen molar-refractivity contribution in [3.05, 3.63) is 69.9 Å². The molecule has 0 aliphatic rings. The average Bonchev–Trinajstić information content (AvgIpc) is 3.42. The van der Waals surface area contributed by atoms with E-state index in [1.807, 2.05) is 60.3 Å². The van der Waals surface area contributed by atoms with E-state index in [1.165, 1.54) is 11.3 Å². The average molecular weight is 410 g/mol.